The first-order valence-electron chi connectivity index (χ1n) is 12.3. The number of ether oxygens (including phenoxy) is 2. The summed E-state index contributed by atoms with van der Waals surface area (Å²) in [6.07, 6.45) is 0.638. The topological polar surface area (TPSA) is 73.7 Å². The predicted octanol–water partition coefficient (Wildman–Crippen LogP) is 4.79. The lowest BCUT2D eigenvalue weighted by Gasteiger charge is -2.38. The standard InChI is InChI=1S/C29H29N3O4/c1-3-35-22-16-14-21(15-17-22)26-25(28(34)36-4-2)27(33)31(19-18-20-10-6-5-7-11-20)29-30-23-12-8-9-13-24(23)32(26)29/h5-17,25-26H,3-4,18-19H2,1-2H3/t25-,26+/m1/s1. The smallest absolute Gasteiger partial charge is 0.321 e. The molecule has 0 N–H and O–H groups in total. The van der Waals surface area contributed by atoms with Crippen molar-refractivity contribution >= 4 is 28.9 Å². The summed E-state index contributed by atoms with van der Waals surface area (Å²) in [6, 6.07) is 24.7. The molecule has 0 aliphatic carbocycles. The van der Waals surface area contributed by atoms with Gasteiger partial charge in [0.25, 0.3) is 0 Å². The van der Waals surface area contributed by atoms with E-state index in [0.29, 0.717) is 25.5 Å². The monoisotopic (exact) mass is 483 g/mol. The lowest BCUT2D eigenvalue weighted by molar-refractivity contribution is -0.153. The molecular weight excluding hydrogens is 454 g/mol. The third-order valence-corrected chi connectivity index (χ3v) is 6.48. The van der Waals surface area contributed by atoms with Gasteiger partial charge in [-0.05, 0) is 55.7 Å². The number of aromatic nitrogens is 2. The van der Waals surface area contributed by atoms with Crippen molar-refractivity contribution in [1.29, 1.82) is 0 Å². The molecule has 184 valence electrons. The number of carbonyl (C=O) groups excluding carboxylic acids is 2. The van der Waals surface area contributed by atoms with Crippen molar-refractivity contribution in [2.75, 3.05) is 24.7 Å². The van der Waals surface area contributed by atoms with Gasteiger partial charge < -0.3 is 14.0 Å². The quantitative estimate of drug-likeness (QED) is 0.266. The number of benzene rings is 3. The zero-order valence-electron chi connectivity index (χ0n) is 20.5. The van der Waals surface area contributed by atoms with Crippen molar-refractivity contribution in [1.82, 2.24) is 9.55 Å². The first kappa shape index (κ1) is 23.6. The molecule has 4 aromatic rings. The number of amides is 1. The number of hydrogen-bond donors (Lipinski definition) is 0. The highest BCUT2D eigenvalue weighted by atomic mass is 16.5. The van der Waals surface area contributed by atoms with Gasteiger partial charge in [-0.2, -0.15) is 0 Å². The highest BCUT2D eigenvalue weighted by Gasteiger charge is 2.47. The van der Waals surface area contributed by atoms with E-state index in [2.05, 4.69) is 0 Å². The van der Waals surface area contributed by atoms with E-state index >= 15 is 0 Å². The molecule has 7 nitrogen and oxygen atoms in total. The van der Waals surface area contributed by atoms with E-state index in [4.69, 9.17) is 14.5 Å². The lowest BCUT2D eigenvalue weighted by atomic mass is 9.89. The summed E-state index contributed by atoms with van der Waals surface area (Å²) in [5, 5.41) is 0. The maximum atomic E-state index is 14.0. The third-order valence-electron chi connectivity index (χ3n) is 6.48. The molecule has 1 aliphatic rings. The van der Waals surface area contributed by atoms with Gasteiger partial charge in [0.1, 0.15) is 5.75 Å². The van der Waals surface area contributed by atoms with Gasteiger partial charge in [0.15, 0.2) is 5.92 Å². The molecule has 36 heavy (non-hydrogen) atoms. The van der Waals surface area contributed by atoms with Crippen LogP contribution in [0.3, 0.4) is 0 Å². The van der Waals surface area contributed by atoms with Crippen molar-refractivity contribution in [3.05, 3.63) is 90.0 Å². The number of fused-ring (bicyclic) bond motifs is 3. The Labute approximate surface area is 210 Å². The highest BCUT2D eigenvalue weighted by Crippen LogP contribution is 2.41. The summed E-state index contributed by atoms with van der Waals surface area (Å²) < 4.78 is 13.1. The van der Waals surface area contributed by atoms with Crippen molar-refractivity contribution in [2.45, 2.75) is 26.3 Å². The molecule has 0 unspecified atom stereocenters. The minimum absolute atomic E-state index is 0.195. The number of rotatable bonds is 8. The summed E-state index contributed by atoms with van der Waals surface area (Å²) >= 11 is 0. The van der Waals surface area contributed by atoms with Crippen LogP contribution in [0.4, 0.5) is 5.95 Å². The number of hydrogen-bond acceptors (Lipinski definition) is 5. The average molecular weight is 484 g/mol. The molecule has 0 radical (unpaired) electrons. The van der Waals surface area contributed by atoms with Gasteiger partial charge in [-0.1, -0.05) is 54.6 Å². The Bertz CT molecular complexity index is 1360. The summed E-state index contributed by atoms with van der Waals surface area (Å²) in [7, 11) is 0. The second-order valence-electron chi connectivity index (χ2n) is 8.67. The van der Waals surface area contributed by atoms with Gasteiger partial charge in [-0.25, -0.2) is 4.98 Å². The second kappa shape index (κ2) is 10.2. The fourth-order valence-corrected chi connectivity index (χ4v) is 4.87. The average Bonchev–Trinajstić information content (AvgIpc) is 3.28. The van der Waals surface area contributed by atoms with Crippen LogP contribution in [0, 0.1) is 5.92 Å². The van der Waals surface area contributed by atoms with Crippen LogP contribution in [-0.4, -0.2) is 41.2 Å². The molecule has 1 aromatic heterocycles. The van der Waals surface area contributed by atoms with Gasteiger partial charge in [-0.3, -0.25) is 14.5 Å². The van der Waals surface area contributed by atoms with Gasteiger partial charge in [0, 0.05) is 6.54 Å². The van der Waals surface area contributed by atoms with E-state index in [1.54, 1.807) is 11.8 Å². The van der Waals surface area contributed by atoms with Gasteiger partial charge in [0.05, 0.1) is 30.3 Å². The van der Waals surface area contributed by atoms with Crippen LogP contribution in [0.15, 0.2) is 78.9 Å². The minimum Gasteiger partial charge on any atom is -0.494 e. The molecule has 2 heterocycles. The van der Waals surface area contributed by atoms with Crippen LogP contribution in [0.5, 0.6) is 5.75 Å². The van der Waals surface area contributed by atoms with Crippen molar-refractivity contribution in [2.24, 2.45) is 5.92 Å². The summed E-state index contributed by atoms with van der Waals surface area (Å²) in [5.41, 5.74) is 3.55. The van der Waals surface area contributed by atoms with E-state index in [-0.39, 0.29) is 12.5 Å². The maximum Gasteiger partial charge on any atom is 0.321 e. The number of para-hydroxylation sites is 2. The number of carbonyl (C=O) groups is 2. The molecule has 0 fully saturated rings. The lowest BCUT2D eigenvalue weighted by Crippen LogP contribution is -2.50. The Morgan fingerprint density at radius 3 is 2.36 bits per heavy atom. The van der Waals surface area contributed by atoms with Crippen LogP contribution >= 0.6 is 0 Å². The maximum absolute atomic E-state index is 14.0. The Morgan fingerprint density at radius 1 is 0.917 bits per heavy atom. The first-order chi connectivity index (χ1) is 17.6. The largest absolute Gasteiger partial charge is 0.494 e. The van der Waals surface area contributed by atoms with Crippen molar-refractivity contribution < 1.29 is 19.1 Å². The highest BCUT2D eigenvalue weighted by molar-refractivity contribution is 6.08. The fourth-order valence-electron chi connectivity index (χ4n) is 4.87. The number of esters is 1. The van der Waals surface area contributed by atoms with Crippen molar-refractivity contribution in [3.8, 4) is 5.75 Å². The molecule has 7 heteroatoms. The number of anilines is 1. The molecule has 0 bridgehead atoms. The normalized spacial score (nSPS) is 17.2. The van der Waals surface area contributed by atoms with Gasteiger partial charge >= 0.3 is 5.97 Å². The summed E-state index contributed by atoms with van der Waals surface area (Å²) in [4.78, 5) is 33.8. The Balaban J connectivity index is 1.65. The Morgan fingerprint density at radius 2 is 1.64 bits per heavy atom. The van der Waals surface area contributed by atoms with Gasteiger partial charge in [-0.15, -0.1) is 0 Å². The zero-order valence-corrected chi connectivity index (χ0v) is 20.5. The minimum atomic E-state index is -1.04. The van der Waals surface area contributed by atoms with Crippen LogP contribution in [0.25, 0.3) is 11.0 Å². The van der Waals surface area contributed by atoms with E-state index in [1.807, 2.05) is 90.4 Å². The van der Waals surface area contributed by atoms with Crippen molar-refractivity contribution in [3.63, 3.8) is 0 Å². The summed E-state index contributed by atoms with van der Waals surface area (Å²) in [5.74, 6) is -0.600. The van der Waals surface area contributed by atoms with Crippen LogP contribution in [-0.2, 0) is 20.7 Å². The van der Waals surface area contributed by atoms with E-state index < -0.39 is 17.9 Å². The third kappa shape index (κ3) is 4.33. The molecule has 5 rings (SSSR count). The molecular formula is C29H29N3O4. The molecule has 0 saturated heterocycles. The zero-order chi connectivity index (χ0) is 25.1. The Kier molecular flexibility index (Phi) is 6.71. The van der Waals surface area contributed by atoms with E-state index in [1.165, 1.54) is 0 Å². The molecule has 2 atom stereocenters. The fraction of sp³-hybridized carbons (Fsp3) is 0.276. The van der Waals surface area contributed by atoms with E-state index in [0.717, 1.165) is 27.9 Å². The van der Waals surface area contributed by atoms with Crippen LogP contribution < -0.4 is 9.64 Å². The molecule has 0 spiro atoms. The molecule has 1 amide bonds. The van der Waals surface area contributed by atoms with Gasteiger partial charge in [0.2, 0.25) is 11.9 Å². The Hall–Kier alpha value is -4.13. The van der Waals surface area contributed by atoms with E-state index in [9.17, 15) is 9.59 Å². The first-order valence-corrected chi connectivity index (χ1v) is 12.3. The van der Waals surface area contributed by atoms with Crippen LogP contribution in [0.1, 0.15) is 31.0 Å². The van der Waals surface area contributed by atoms with Crippen LogP contribution in [0.2, 0.25) is 0 Å². The second-order valence-corrected chi connectivity index (χ2v) is 8.67. The number of imidazole rings is 1. The SMILES string of the molecule is CCOC(=O)[C@H]1C(=O)N(CCc2ccccc2)c2nc3ccccc3n2[C@H]1c1ccc(OCC)cc1. The predicted molar refractivity (Wildman–Crippen MR) is 138 cm³/mol. The number of nitrogens with zero attached hydrogens (tertiary/aromatic N) is 3. The molecule has 1 aliphatic heterocycles. The molecule has 0 saturated carbocycles. The summed E-state index contributed by atoms with van der Waals surface area (Å²) in [6.45, 7) is 4.83. The molecule has 3 aromatic carbocycles.